The standard InChI is InChI=1S/C48H32N4/c1-4-17-33(18-5-1)41-32-42(34-19-6-2-7-20-34)50-48(49-41)52-45-30-15-12-27-40(45)46(47(52)35-21-8-3-9-22-35)36-23-16-24-37(31-36)51-43-28-13-10-25-38(43)39-26-11-14-29-44(39)51/h1-32H. The van der Waals surface area contributed by atoms with Gasteiger partial charge in [0.05, 0.1) is 33.6 Å². The van der Waals surface area contributed by atoms with Gasteiger partial charge in [0, 0.05) is 38.5 Å². The molecular weight excluding hydrogens is 633 g/mol. The van der Waals surface area contributed by atoms with Crippen LogP contribution in [0.4, 0.5) is 0 Å². The lowest BCUT2D eigenvalue weighted by Gasteiger charge is -2.15. The zero-order valence-electron chi connectivity index (χ0n) is 28.3. The summed E-state index contributed by atoms with van der Waals surface area (Å²) in [6.45, 7) is 0. The van der Waals surface area contributed by atoms with Crippen LogP contribution in [0.25, 0.3) is 89.2 Å². The minimum absolute atomic E-state index is 0.625. The van der Waals surface area contributed by atoms with Crippen molar-refractivity contribution in [1.29, 1.82) is 0 Å². The quantitative estimate of drug-likeness (QED) is 0.177. The topological polar surface area (TPSA) is 35.6 Å². The minimum Gasteiger partial charge on any atom is -0.309 e. The van der Waals surface area contributed by atoms with Gasteiger partial charge in [0.2, 0.25) is 5.95 Å². The lowest BCUT2D eigenvalue weighted by Crippen LogP contribution is -2.06. The fraction of sp³-hybridized carbons (Fsp3) is 0. The van der Waals surface area contributed by atoms with Crippen molar-refractivity contribution in [3.8, 4) is 56.5 Å². The maximum Gasteiger partial charge on any atom is 0.235 e. The zero-order chi connectivity index (χ0) is 34.4. The molecule has 0 bridgehead atoms. The van der Waals surface area contributed by atoms with Gasteiger partial charge in [-0.2, -0.15) is 0 Å². The van der Waals surface area contributed by atoms with Crippen LogP contribution in [0.5, 0.6) is 0 Å². The lowest BCUT2D eigenvalue weighted by atomic mass is 9.98. The number of benzene rings is 7. The van der Waals surface area contributed by atoms with Crippen molar-refractivity contribution in [1.82, 2.24) is 19.1 Å². The van der Waals surface area contributed by atoms with Gasteiger partial charge in [0.15, 0.2) is 0 Å². The molecule has 0 spiro atoms. The number of aromatic nitrogens is 4. The Balaban J connectivity index is 1.27. The Morgan fingerprint density at radius 3 is 1.33 bits per heavy atom. The van der Waals surface area contributed by atoms with Crippen molar-refractivity contribution in [2.45, 2.75) is 0 Å². The smallest absolute Gasteiger partial charge is 0.235 e. The second-order valence-corrected chi connectivity index (χ2v) is 13.0. The van der Waals surface area contributed by atoms with Gasteiger partial charge in [-0.25, -0.2) is 9.97 Å². The molecule has 0 N–H and O–H groups in total. The third-order valence-electron chi connectivity index (χ3n) is 9.95. The van der Waals surface area contributed by atoms with Crippen molar-refractivity contribution in [2.75, 3.05) is 0 Å². The Morgan fingerprint density at radius 1 is 0.327 bits per heavy atom. The fourth-order valence-electron chi connectivity index (χ4n) is 7.66. The molecule has 0 unspecified atom stereocenters. The van der Waals surface area contributed by atoms with Crippen LogP contribution in [0.15, 0.2) is 194 Å². The number of para-hydroxylation sites is 3. The second-order valence-electron chi connectivity index (χ2n) is 13.0. The summed E-state index contributed by atoms with van der Waals surface area (Å²) >= 11 is 0. The zero-order valence-corrected chi connectivity index (χ0v) is 28.3. The van der Waals surface area contributed by atoms with E-state index in [1.807, 2.05) is 12.1 Å². The van der Waals surface area contributed by atoms with Crippen LogP contribution in [0.3, 0.4) is 0 Å². The van der Waals surface area contributed by atoms with Crippen LogP contribution in [0, 0.1) is 0 Å². The first-order chi connectivity index (χ1) is 25.8. The van der Waals surface area contributed by atoms with Gasteiger partial charge >= 0.3 is 0 Å². The predicted octanol–water partition coefficient (Wildman–Crippen LogP) is 12.2. The molecular formula is C48H32N4. The molecule has 4 heteroatoms. The molecule has 0 atom stereocenters. The van der Waals surface area contributed by atoms with Gasteiger partial charge in [-0.15, -0.1) is 0 Å². The van der Waals surface area contributed by atoms with E-state index in [4.69, 9.17) is 9.97 Å². The van der Waals surface area contributed by atoms with Crippen molar-refractivity contribution in [3.63, 3.8) is 0 Å². The van der Waals surface area contributed by atoms with Crippen LogP contribution in [0.1, 0.15) is 0 Å². The monoisotopic (exact) mass is 664 g/mol. The van der Waals surface area contributed by atoms with E-state index in [0.29, 0.717) is 5.95 Å². The van der Waals surface area contributed by atoms with Crippen LogP contribution >= 0.6 is 0 Å². The van der Waals surface area contributed by atoms with Crippen LogP contribution in [0.2, 0.25) is 0 Å². The van der Waals surface area contributed by atoms with E-state index in [-0.39, 0.29) is 0 Å². The summed E-state index contributed by atoms with van der Waals surface area (Å²) in [7, 11) is 0. The second kappa shape index (κ2) is 12.4. The molecule has 244 valence electrons. The number of rotatable bonds is 6. The largest absolute Gasteiger partial charge is 0.309 e. The number of hydrogen-bond donors (Lipinski definition) is 0. The summed E-state index contributed by atoms with van der Waals surface area (Å²) < 4.78 is 4.64. The average molecular weight is 665 g/mol. The Kier molecular flexibility index (Phi) is 7.10. The fourth-order valence-corrected chi connectivity index (χ4v) is 7.66. The molecule has 4 nitrogen and oxygen atoms in total. The van der Waals surface area contributed by atoms with Gasteiger partial charge in [-0.3, -0.25) is 4.57 Å². The normalized spacial score (nSPS) is 11.5. The molecule has 7 aromatic carbocycles. The molecule has 0 amide bonds. The Morgan fingerprint density at radius 2 is 0.769 bits per heavy atom. The molecule has 0 fully saturated rings. The molecule has 0 radical (unpaired) electrons. The van der Waals surface area contributed by atoms with Gasteiger partial charge in [-0.1, -0.05) is 158 Å². The molecule has 52 heavy (non-hydrogen) atoms. The van der Waals surface area contributed by atoms with Crippen molar-refractivity contribution < 1.29 is 0 Å². The summed E-state index contributed by atoms with van der Waals surface area (Å²) in [5.74, 6) is 0.625. The molecule has 0 aliphatic carbocycles. The van der Waals surface area contributed by atoms with E-state index in [2.05, 4.69) is 191 Å². The minimum atomic E-state index is 0.625. The lowest BCUT2D eigenvalue weighted by molar-refractivity contribution is 0.975. The molecule has 3 heterocycles. The third-order valence-corrected chi connectivity index (χ3v) is 9.95. The SMILES string of the molecule is c1ccc(-c2cc(-c3ccccc3)nc(-n3c(-c4ccccc4)c(-c4cccc(-n5c6ccccc6c6ccccc65)c4)c4ccccc43)n2)cc1. The van der Waals surface area contributed by atoms with E-state index in [1.165, 1.54) is 21.8 Å². The van der Waals surface area contributed by atoms with Gasteiger partial charge in [0.25, 0.3) is 0 Å². The van der Waals surface area contributed by atoms with Crippen molar-refractivity contribution >= 4 is 32.7 Å². The Bertz CT molecular complexity index is 2780. The number of fused-ring (bicyclic) bond motifs is 4. The molecule has 0 aliphatic heterocycles. The van der Waals surface area contributed by atoms with Gasteiger partial charge in [-0.05, 0) is 47.5 Å². The first-order valence-electron chi connectivity index (χ1n) is 17.6. The molecule has 0 aliphatic rings. The van der Waals surface area contributed by atoms with E-state index in [9.17, 15) is 0 Å². The maximum atomic E-state index is 5.32. The van der Waals surface area contributed by atoms with Crippen LogP contribution in [-0.4, -0.2) is 19.1 Å². The Hall–Kier alpha value is -7.04. The molecule has 0 saturated carbocycles. The number of hydrogen-bond acceptors (Lipinski definition) is 2. The molecule has 3 aromatic heterocycles. The molecule has 10 rings (SSSR count). The summed E-state index contributed by atoms with van der Waals surface area (Å²) in [5.41, 5.74) is 12.7. The van der Waals surface area contributed by atoms with E-state index < -0.39 is 0 Å². The summed E-state index contributed by atoms with van der Waals surface area (Å²) in [6.07, 6.45) is 0. The van der Waals surface area contributed by atoms with E-state index in [0.717, 1.165) is 61.5 Å². The summed E-state index contributed by atoms with van der Waals surface area (Å²) in [5, 5.41) is 3.63. The highest BCUT2D eigenvalue weighted by molar-refractivity contribution is 6.10. The molecule has 10 aromatic rings. The predicted molar refractivity (Wildman–Crippen MR) is 215 cm³/mol. The van der Waals surface area contributed by atoms with Gasteiger partial charge in [0.1, 0.15) is 0 Å². The van der Waals surface area contributed by atoms with E-state index >= 15 is 0 Å². The summed E-state index contributed by atoms with van der Waals surface area (Å²) in [6, 6.07) is 68.4. The average Bonchev–Trinajstić information content (AvgIpc) is 3.75. The third kappa shape index (κ3) is 4.92. The van der Waals surface area contributed by atoms with Crippen molar-refractivity contribution in [2.24, 2.45) is 0 Å². The number of nitrogens with zero attached hydrogens (tertiary/aromatic N) is 4. The van der Waals surface area contributed by atoms with Crippen molar-refractivity contribution in [3.05, 3.63) is 194 Å². The van der Waals surface area contributed by atoms with Crippen LogP contribution in [-0.2, 0) is 0 Å². The first-order valence-corrected chi connectivity index (χ1v) is 17.6. The highest BCUT2D eigenvalue weighted by atomic mass is 15.2. The first kappa shape index (κ1) is 29.8. The maximum absolute atomic E-state index is 5.32. The summed E-state index contributed by atoms with van der Waals surface area (Å²) in [4.78, 5) is 10.6. The Labute approximate surface area is 301 Å². The van der Waals surface area contributed by atoms with Crippen LogP contribution < -0.4 is 0 Å². The molecule has 0 saturated heterocycles. The van der Waals surface area contributed by atoms with Gasteiger partial charge < -0.3 is 4.57 Å². The van der Waals surface area contributed by atoms with E-state index in [1.54, 1.807) is 0 Å². The highest BCUT2D eigenvalue weighted by Gasteiger charge is 2.24. The highest BCUT2D eigenvalue weighted by Crippen LogP contribution is 2.44.